The maximum absolute atomic E-state index is 6.15. The third-order valence-corrected chi connectivity index (χ3v) is 3.33. The van der Waals surface area contributed by atoms with E-state index in [0.717, 1.165) is 28.1 Å². The molecule has 2 rings (SSSR count). The van der Waals surface area contributed by atoms with Crippen LogP contribution in [0.4, 0.5) is 11.4 Å². The zero-order chi connectivity index (χ0) is 14.0. The van der Waals surface area contributed by atoms with Crippen LogP contribution in [0, 0.1) is 6.92 Å². The van der Waals surface area contributed by atoms with Gasteiger partial charge in [0.25, 0.3) is 0 Å². The average Bonchev–Trinajstić information content (AvgIpc) is 2.41. The number of hydrogen-bond acceptors (Lipinski definition) is 2. The predicted octanol–water partition coefficient (Wildman–Crippen LogP) is 3.54. The summed E-state index contributed by atoms with van der Waals surface area (Å²) in [6, 6.07) is 14.5. The number of para-hydroxylation sites is 1. The van der Waals surface area contributed by atoms with Crippen LogP contribution in [0.2, 0.25) is 0 Å². The lowest BCUT2D eigenvalue weighted by atomic mass is 9.98. The van der Waals surface area contributed by atoms with Crippen LogP contribution in [0.25, 0.3) is 11.1 Å². The fourth-order valence-electron chi connectivity index (χ4n) is 2.03. The summed E-state index contributed by atoms with van der Waals surface area (Å²) in [4.78, 5) is 1.78. The number of nitrogens with two attached hydrogens (primary N) is 1. The van der Waals surface area contributed by atoms with E-state index in [-0.39, 0.29) is 6.04 Å². The molecule has 0 heterocycles. The minimum atomic E-state index is 0.240. The summed E-state index contributed by atoms with van der Waals surface area (Å²) in [6.45, 7) is 6.15. The van der Waals surface area contributed by atoms with Crippen molar-refractivity contribution in [3.63, 3.8) is 0 Å². The summed E-state index contributed by atoms with van der Waals surface area (Å²) in [5.74, 6) is 0. The Morgan fingerprint density at radius 3 is 2.42 bits per heavy atom. The molecule has 19 heavy (non-hydrogen) atoms. The number of rotatable bonds is 3. The van der Waals surface area contributed by atoms with E-state index in [1.165, 1.54) is 0 Å². The Kier molecular flexibility index (Phi) is 3.84. The van der Waals surface area contributed by atoms with Gasteiger partial charge in [-0.2, -0.15) is 0 Å². The zero-order valence-electron chi connectivity index (χ0n) is 11.7. The summed E-state index contributed by atoms with van der Waals surface area (Å²) in [5, 5.41) is 0. The Balaban J connectivity index is 2.53. The SMILES string of the molecule is [B]N(c1ccccc1-c1ccc(C)c(N)c1)C(C)C. The first-order valence-corrected chi connectivity index (χ1v) is 6.50. The number of benzene rings is 2. The maximum atomic E-state index is 6.15. The lowest BCUT2D eigenvalue weighted by Gasteiger charge is -2.27. The number of nitrogens with zero attached hydrogens (tertiary/aromatic N) is 1. The molecule has 2 N–H and O–H groups in total. The van der Waals surface area contributed by atoms with Gasteiger partial charge in [0.05, 0.1) is 0 Å². The summed E-state index contributed by atoms with van der Waals surface area (Å²) >= 11 is 0. The van der Waals surface area contributed by atoms with E-state index in [1.807, 2.05) is 37.3 Å². The third kappa shape index (κ3) is 2.75. The summed E-state index contributed by atoms with van der Waals surface area (Å²) in [7, 11) is 6.15. The molecule has 0 atom stereocenters. The molecule has 2 aromatic rings. The summed E-state index contributed by atoms with van der Waals surface area (Å²) in [6.07, 6.45) is 0. The summed E-state index contributed by atoms with van der Waals surface area (Å²) < 4.78 is 0. The number of aryl methyl sites for hydroxylation is 1. The van der Waals surface area contributed by atoms with Crippen molar-refractivity contribution in [2.75, 3.05) is 10.5 Å². The van der Waals surface area contributed by atoms with Gasteiger partial charge in [-0.15, -0.1) is 0 Å². The van der Waals surface area contributed by atoms with E-state index in [4.69, 9.17) is 13.7 Å². The Labute approximate surface area is 116 Å². The van der Waals surface area contributed by atoms with Crippen molar-refractivity contribution in [2.45, 2.75) is 26.8 Å². The number of nitrogen functional groups attached to an aromatic ring is 1. The highest BCUT2D eigenvalue weighted by molar-refractivity contribution is 6.19. The van der Waals surface area contributed by atoms with Gasteiger partial charge in [0, 0.05) is 23.0 Å². The van der Waals surface area contributed by atoms with Gasteiger partial charge in [0.2, 0.25) is 7.98 Å². The largest absolute Gasteiger partial charge is 0.422 e. The minimum absolute atomic E-state index is 0.240. The summed E-state index contributed by atoms with van der Waals surface area (Å²) in [5.41, 5.74) is 11.1. The first kappa shape index (κ1) is 13.5. The van der Waals surface area contributed by atoms with Gasteiger partial charge in [0.1, 0.15) is 0 Å². The van der Waals surface area contributed by atoms with E-state index in [1.54, 1.807) is 4.81 Å². The second kappa shape index (κ2) is 5.39. The fourth-order valence-corrected chi connectivity index (χ4v) is 2.03. The first-order chi connectivity index (χ1) is 9.00. The molecule has 0 saturated heterocycles. The van der Waals surface area contributed by atoms with E-state index in [9.17, 15) is 0 Å². The van der Waals surface area contributed by atoms with Crippen LogP contribution in [-0.4, -0.2) is 14.0 Å². The molecule has 0 bridgehead atoms. The standard InChI is InChI=1S/C16H19BN2/c1-11(2)19(17)16-7-5-4-6-14(16)13-9-8-12(3)15(18)10-13/h4-11H,18H2,1-3H3. The molecule has 0 saturated carbocycles. The molecule has 96 valence electrons. The third-order valence-electron chi connectivity index (χ3n) is 3.33. The van der Waals surface area contributed by atoms with E-state index < -0.39 is 0 Å². The molecule has 3 heteroatoms. The molecule has 0 aliphatic heterocycles. The molecule has 0 fully saturated rings. The molecule has 2 aromatic carbocycles. The van der Waals surface area contributed by atoms with Gasteiger partial charge < -0.3 is 10.5 Å². The van der Waals surface area contributed by atoms with Gasteiger partial charge in [-0.1, -0.05) is 30.3 Å². The van der Waals surface area contributed by atoms with Crippen molar-refractivity contribution in [1.29, 1.82) is 0 Å². The topological polar surface area (TPSA) is 29.3 Å². The molecule has 2 nitrogen and oxygen atoms in total. The minimum Gasteiger partial charge on any atom is -0.422 e. The molecule has 0 amide bonds. The molecule has 0 unspecified atom stereocenters. The van der Waals surface area contributed by atoms with Crippen molar-refractivity contribution in [2.24, 2.45) is 0 Å². The van der Waals surface area contributed by atoms with Crippen LogP contribution in [0.1, 0.15) is 19.4 Å². The highest BCUT2D eigenvalue weighted by Gasteiger charge is 2.11. The quantitative estimate of drug-likeness (QED) is 0.666. The van der Waals surface area contributed by atoms with E-state index in [0.29, 0.717) is 0 Å². The van der Waals surface area contributed by atoms with Gasteiger partial charge >= 0.3 is 0 Å². The molecule has 0 aromatic heterocycles. The van der Waals surface area contributed by atoms with Crippen molar-refractivity contribution in [3.8, 4) is 11.1 Å². The van der Waals surface area contributed by atoms with E-state index >= 15 is 0 Å². The normalized spacial score (nSPS) is 10.7. The maximum Gasteiger partial charge on any atom is 0.227 e. The fraction of sp³-hybridized carbons (Fsp3) is 0.250. The van der Waals surface area contributed by atoms with Crippen LogP contribution < -0.4 is 10.5 Å². The Bertz CT molecular complexity index is 579. The molecule has 0 spiro atoms. The molecule has 2 radical (unpaired) electrons. The van der Waals surface area contributed by atoms with Gasteiger partial charge in [0.15, 0.2) is 0 Å². The molecular formula is C16H19BN2. The predicted molar refractivity (Wildman–Crippen MR) is 84.4 cm³/mol. The second-order valence-electron chi connectivity index (χ2n) is 5.09. The second-order valence-corrected chi connectivity index (χ2v) is 5.09. The average molecular weight is 250 g/mol. The van der Waals surface area contributed by atoms with Gasteiger partial charge in [-0.3, -0.25) is 0 Å². The van der Waals surface area contributed by atoms with Crippen LogP contribution in [0.3, 0.4) is 0 Å². The Morgan fingerprint density at radius 2 is 1.79 bits per heavy atom. The van der Waals surface area contributed by atoms with Gasteiger partial charge in [-0.25, -0.2) is 0 Å². The van der Waals surface area contributed by atoms with E-state index in [2.05, 4.69) is 26.0 Å². The van der Waals surface area contributed by atoms with Crippen LogP contribution in [0.5, 0.6) is 0 Å². The van der Waals surface area contributed by atoms with Crippen molar-refractivity contribution >= 4 is 19.4 Å². The first-order valence-electron chi connectivity index (χ1n) is 6.50. The van der Waals surface area contributed by atoms with Crippen molar-refractivity contribution in [1.82, 2.24) is 0 Å². The smallest absolute Gasteiger partial charge is 0.227 e. The van der Waals surface area contributed by atoms with Crippen molar-refractivity contribution in [3.05, 3.63) is 48.0 Å². The Hall–Kier alpha value is -1.90. The van der Waals surface area contributed by atoms with Crippen LogP contribution >= 0.6 is 0 Å². The van der Waals surface area contributed by atoms with Crippen LogP contribution in [0.15, 0.2) is 42.5 Å². The lowest BCUT2D eigenvalue weighted by molar-refractivity contribution is 0.829. The lowest BCUT2D eigenvalue weighted by Crippen LogP contribution is -2.27. The Morgan fingerprint density at radius 1 is 1.11 bits per heavy atom. The molecular weight excluding hydrogens is 231 g/mol. The highest BCUT2D eigenvalue weighted by Crippen LogP contribution is 2.32. The molecule has 0 aliphatic carbocycles. The number of anilines is 2. The number of hydrogen-bond donors (Lipinski definition) is 1. The van der Waals surface area contributed by atoms with Crippen molar-refractivity contribution < 1.29 is 0 Å². The van der Waals surface area contributed by atoms with Crippen LogP contribution in [-0.2, 0) is 0 Å². The van der Waals surface area contributed by atoms with Gasteiger partial charge in [-0.05, 0) is 44.0 Å². The monoisotopic (exact) mass is 250 g/mol. The zero-order valence-corrected chi connectivity index (χ0v) is 11.7. The highest BCUT2D eigenvalue weighted by atomic mass is 15.1. The molecule has 0 aliphatic rings.